The third kappa shape index (κ3) is 5.74. The van der Waals surface area contributed by atoms with Gasteiger partial charge in [0, 0.05) is 11.6 Å². The molecule has 0 aliphatic carbocycles. The van der Waals surface area contributed by atoms with Crippen LogP contribution in [0.4, 0.5) is 0 Å². The molecule has 0 spiro atoms. The molecule has 1 saturated heterocycles. The van der Waals surface area contributed by atoms with Crippen LogP contribution in [0.25, 0.3) is 11.1 Å². The van der Waals surface area contributed by atoms with Crippen LogP contribution >= 0.6 is 11.6 Å². The molecule has 25 heavy (non-hydrogen) atoms. The van der Waals surface area contributed by atoms with Gasteiger partial charge in [0.05, 0.1) is 0 Å². The van der Waals surface area contributed by atoms with Crippen molar-refractivity contribution in [1.29, 1.82) is 0 Å². The Labute approximate surface area is 155 Å². The Morgan fingerprint density at radius 2 is 1.44 bits per heavy atom. The van der Waals surface area contributed by atoms with E-state index in [4.69, 9.17) is 16.3 Å². The van der Waals surface area contributed by atoms with Crippen molar-refractivity contribution in [3.63, 3.8) is 0 Å². The van der Waals surface area contributed by atoms with E-state index < -0.39 is 6.10 Å². The summed E-state index contributed by atoms with van der Waals surface area (Å²) >= 11 is 5.93. The van der Waals surface area contributed by atoms with Gasteiger partial charge in [-0.1, -0.05) is 48.7 Å². The van der Waals surface area contributed by atoms with Gasteiger partial charge in [-0.2, -0.15) is 0 Å². The zero-order valence-electron chi connectivity index (χ0n) is 14.5. The summed E-state index contributed by atoms with van der Waals surface area (Å²) in [7, 11) is 0. The smallest absolute Gasteiger partial charge is 0.119 e. The van der Waals surface area contributed by atoms with Crippen molar-refractivity contribution in [1.82, 2.24) is 4.90 Å². The first kappa shape index (κ1) is 18.2. The minimum absolute atomic E-state index is 0.330. The van der Waals surface area contributed by atoms with Crippen LogP contribution in [0.2, 0.25) is 5.02 Å². The van der Waals surface area contributed by atoms with Crippen molar-refractivity contribution in [3.8, 4) is 16.9 Å². The highest BCUT2D eigenvalue weighted by Crippen LogP contribution is 2.24. The summed E-state index contributed by atoms with van der Waals surface area (Å²) in [4.78, 5) is 2.35. The first-order valence-electron chi connectivity index (χ1n) is 9.10. The number of halogens is 1. The number of likely N-dealkylation sites (tertiary alicyclic amines) is 1. The van der Waals surface area contributed by atoms with E-state index in [1.807, 2.05) is 48.5 Å². The Morgan fingerprint density at radius 3 is 2.04 bits per heavy atom. The molecule has 1 N–H and O–H groups in total. The standard InChI is InChI=1S/C21H26ClNO2/c22-19-9-5-17(6-10-19)18-7-11-21(12-8-18)25-16-20(24)15-23-13-3-1-2-4-14-23/h5-12,20,24H,1-4,13-16H2. The molecule has 134 valence electrons. The Bertz CT molecular complexity index is 634. The van der Waals surface area contributed by atoms with Crippen LogP contribution in [0.15, 0.2) is 48.5 Å². The minimum Gasteiger partial charge on any atom is -0.491 e. The molecule has 0 aromatic heterocycles. The van der Waals surface area contributed by atoms with Crippen LogP contribution in [-0.2, 0) is 0 Å². The van der Waals surface area contributed by atoms with Gasteiger partial charge in [0.1, 0.15) is 18.5 Å². The van der Waals surface area contributed by atoms with Crippen LogP contribution in [0.5, 0.6) is 5.75 Å². The molecule has 0 radical (unpaired) electrons. The summed E-state index contributed by atoms with van der Waals surface area (Å²) in [6, 6.07) is 15.7. The largest absolute Gasteiger partial charge is 0.491 e. The molecule has 4 heteroatoms. The molecule has 2 aromatic rings. The van der Waals surface area contributed by atoms with Crippen LogP contribution in [-0.4, -0.2) is 42.4 Å². The summed E-state index contributed by atoms with van der Waals surface area (Å²) in [5.74, 6) is 0.785. The van der Waals surface area contributed by atoms with Gasteiger partial charge in [0.25, 0.3) is 0 Å². The van der Waals surface area contributed by atoms with Gasteiger partial charge in [0.2, 0.25) is 0 Å². The predicted molar refractivity (Wildman–Crippen MR) is 103 cm³/mol. The second-order valence-electron chi connectivity index (χ2n) is 6.71. The molecule has 0 bridgehead atoms. The summed E-state index contributed by atoms with van der Waals surface area (Å²) < 4.78 is 5.75. The fourth-order valence-electron chi connectivity index (χ4n) is 3.25. The summed E-state index contributed by atoms with van der Waals surface area (Å²) in [6.07, 6.45) is 4.64. The lowest BCUT2D eigenvalue weighted by molar-refractivity contribution is 0.0694. The van der Waals surface area contributed by atoms with Crippen molar-refractivity contribution in [2.75, 3.05) is 26.2 Å². The Hall–Kier alpha value is -1.55. The van der Waals surface area contributed by atoms with E-state index in [9.17, 15) is 5.11 Å². The monoisotopic (exact) mass is 359 g/mol. The van der Waals surface area contributed by atoms with Gasteiger partial charge in [0.15, 0.2) is 0 Å². The third-order valence-electron chi connectivity index (χ3n) is 4.64. The van der Waals surface area contributed by atoms with Crippen LogP contribution < -0.4 is 4.74 Å². The lowest BCUT2D eigenvalue weighted by atomic mass is 10.1. The molecule has 1 fully saturated rings. The maximum absolute atomic E-state index is 10.2. The molecule has 1 aliphatic heterocycles. The predicted octanol–water partition coefficient (Wildman–Crippen LogP) is 4.62. The summed E-state index contributed by atoms with van der Waals surface area (Å²) in [5, 5.41) is 11.0. The number of ether oxygens (including phenoxy) is 1. The van der Waals surface area contributed by atoms with Gasteiger partial charge in [-0.3, -0.25) is 0 Å². The number of aliphatic hydroxyl groups excluding tert-OH is 1. The van der Waals surface area contributed by atoms with Crippen molar-refractivity contribution >= 4 is 11.6 Å². The molecular formula is C21H26ClNO2. The second kappa shape index (κ2) is 9.23. The average molecular weight is 360 g/mol. The highest BCUT2D eigenvalue weighted by molar-refractivity contribution is 6.30. The fourth-order valence-corrected chi connectivity index (χ4v) is 3.37. The van der Waals surface area contributed by atoms with E-state index >= 15 is 0 Å². The van der Waals surface area contributed by atoms with Crippen molar-refractivity contribution in [3.05, 3.63) is 53.6 Å². The maximum Gasteiger partial charge on any atom is 0.119 e. The fraction of sp³-hybridized carbons (Fsp3) is 0.429. The molecule has 0 amide bonds. The van der Waals surface area contributed by atoms with Crippen LogP contribution in [0.1, 0.15) is 25.7 Å². The minimum atomic E-state index is -0.450. The van der Waals surface area contributed by atoms with Crippen LogP contribution in [0.3, 0.4) is 0 Å². The topological polar surface area (TPSA) is 32.7 Å². The SMILES string of the molecule is OC(COc1ccc(-c2ccc(Cl)cc2)cc1)CN1CCCCCC1. The summed E-state index contributed by atoms with van der Waals surface area (Å²) in [5.41, 5.74) is 2.24. The zero-order chi connectivity index (χ0) is 17.5. The highest BCUT2D eigenvalue weighted by atomic mass is 35.5. The molecule has 3 rings (SSSR count). The molecule has 1 unspecified atom stereocenters. The van der Waals surface area contributed by atoms with E-state index in [1.165, 1.54) is 25.7 Å². The van der Waals surface area contributed by atoms with Crippen molar-refractivity contribution < 1.29 is 9.84 Å². The highest BCUT2D eigenvalue weighted by Gasteiger charge is 2.14. The van der Waals surface area contributed by atoms with Gasteiger partial charge in [-0.15, -0.1) is 0 Å². The zero-order valence-corrected chi connectivity index (χ0v) is 15.3. The third-order valence-corrected chi connectivity index (χ3v) is 4.89. The molecule has 3 nitrogen and oxygen atoms in total. The first-order chi connectivity index (χ1) is 12.2. The van der Waals surface area contributed by atoms with E-state index in [-0.39, 0.29) is 0 Å². The number of aliphatic hydroxyl groups is 1. The Balaban J connectivity index is 1.48. The summed E-state index contributed by atoms with van der Waals surface area (Å²) in [6.45, 7) is 3.21. The lowest BCUT2D eigenvalue weighted by Crippen LogP contribution is -2.36. The normalized spacial score (nSPS) is 17.0. The number of rotatable bonds is 6. The number of β-amino-alcohol motifs (C(OH)–C–C–N with tert-alkyl or cyclic N) is 1. The van der Waals surface area contributed by atoms with Gasteiger partial charge in [-0.25, -0.2) is 0 Å². The maximum atomic E-state index is 10.2. The molecule has 1 aliphatic rings. The molecule has 2 aromatic carbocycles. The van der Waals surface area contributed by atoms with Crippen LogP contribution in [0, 0.1) is 0 Å². The number of hydrogen-bond acceptors (Lipinski definition) is 3. The van der Waals surface area contributed by atoms with Crippen molar-refractivity contribution in [2.45, 2.75) is 31.8 Å². The van der Waals surface area contributed by atoms with E-state index in [1.54, 1.807) is 0 Å². The van der Waals surface area contributed by atoms with Gasteiger partial charge in [-0.05, 0) is 61.3 Å². The first-order valence-corrected chi connectivity index (χ1v) is 9.48. The lowest BCUT2D eigenvalue weighted by Gasteiger charge is -2.23. The van der Waals surface area contributed by atoms with Gasteiger partial charge < -0.3 is 14.7 Å². The number of benzene rings is 2. The van der Waals surface area contributed by atoms with E-state index in [0.29, 0.717) is 13.2 Å². The number of hydrogen-bond donors (Lipinski definition) is 1. The second-order valence-corrected chi connectivity index (χ2v) is 7.15. The quantitative estimate of drug-likeness (QED) is 0.816. The molecule has 1 atom stereocenters. The molecule has 0 saturated carbocycles. The Kier molecular flexibility index (Phi) is 6.74. The van der Waals surface area contributed by atoms with E-state index in [2.05, 4.69) is 4.90 Å². The molecule has 1 heterocycles. The average Bonchev–Trinajstić information content (AvgIpc) is 2.90. The molecular weight excluding hydrogens is 334 g/mol. The van der Waals surface area contributed by atoms with Gasteiger partial charge >= 0.3 is 0 Å². The number of nitrogens with zero attached hydrogens (tertiary/aromatic N) is 1. The van der Waals surface area contributed by atoms with Crippen molar-refractivity contribution in [2.24, 2.45) is 0 Å². The Morgan fingerprint density at radius 1 is 0.880 bits per heavy atom. The van der Waals surface area contributed by atoms with E-state index in [0.717, 1.165) is 35.0 Å².